The highest BCUT2D eigenvalue weighted by atomic mass is 16.6. The van der Waals surface area contributed by atoms with E-state index in [2.05, 4.69) is 15.5 Å². The molecule has 0 aromatic heterocycles. The van der Waals surface area contributed by atoms with Crippen LogP contribution in [-0.2, 0) is 4.74 Å². The molecule has 1 aliphatic heterocycles. The molecule has 0 radical (unpaired) electrons. The van der Waals surface area contributed by atoms with Crippen LogP contribution in [0, 0.1) is 0 Å². The highest BCUT2D eigenvalue weighted by molar-refractivity contribution is 5.74. The Hall–Kier alpha value is -1.50. The topological polar surface area (TPSA) is 73.9 Å². The lowest BCUT2D eigenvalue weighted by atomic mass is 10.1. The summed E-state index contributed by atoms with van der Waals surface area (Å²) in [6, 6.07) is -0.179. The Morgan fingerprint density at radius 2 is 1.55 bits per heavy atom. The van der Waals surface area contributed by atoms with Crippen LogP contribution in [0.3, 0.4) is 0 Å². The van der Waals surface area contributed by atoms with Crippen LogP contribution in [0.2, 0.25) is 0 Å². The Labute approximate surface area is 133 Å². The van der Waals surface area contributed by atoms with E-state index in [1.54, 1.807) is 4.90 Å². The highest BCUT2D eigenvalue weighted by Crippen LogP contribution is 2.11. The molecule has 1 aliphatic rings. The van der Waals surface area contributed by atoms with Gasteiger partial charge in [0.1, 0.15) is 5.60 Å². The Kier molecular flexibility index (Phi) is 6.05. The summed E-state index contributed by atoms with van der Waals surface area (Å²) in [6.07, 6.45) is -0.273. The monoisotopic (exact) mass is 314 g/mol. The molecule has 1 saturated heterocycles. The number of amides is 3. The Balaban J connectivity index is 2.28. The largest absolute Gasteiger partial charge is 0.444 e. The van der Waals surface area contributed by atoms with Crippen LogP contribution < -0.4 is 10.6 Å². The minimum atomic E-state index is -0.471. The van der Waals surface area contributed by atoms with Crippen molar-refractivity contribution in [3.63, 3.8) is 0 Å². The van der Waals surface area contributed by atoms with Crippen LogP contribution in [0.4, 0.5) is 9.59 Å². The third kappa shape index (κ3) is 7.49. The normalized spacial score (nSPS) is 17.1. The summed E-state index contributed by atoms with van der Waals surface area (Å²) in [5, 5.41) is 5.68. The molecular formula is C15H30N4O3. The third-order valence-corrected chi connectivity index (χ3v) is 2.98. The second-order valence-electron chi connectivity index (χ2n) is 7.62. The number of rotatable bonds is 2. The molecule has 1 rings (SSSR count). The summed E-state index contributed by atoms with van der Waals surface area (Å²) in [5.74, 6) is 0. The first kappa shape index (κ1) is 18.5. The van der Waals surface area contributed by atoms with Crippen LogP contribution >= 0.6 is 0 Å². The molecule has 0 saturated carbocycles. The van der Waals surface area contributed by atoms with Gasteiger partial charge < -0.3 is 20.3 Å². The molecule has 0 unspecified atom stereocenters. The average molecular weight is 314 g/mol. The Bertz CT molecular complexity index is 391. The van der Waals surface area contributed by atoms with E-state index in [1.165, 1.54) is 0 Å². The van der Waals surface area contributed by atoms with Gasteiger partial charge in [0.2, 0.25) is 0 Å². The van der Waals surface area contributed by atoms with Gasteiger partial charge >= 0.3 is 12.1 Å². The first-order chi connectivity index (χ1) is 9.96. The predicted octanol–water partition coefficient (Wildman–Crippen LogP) is 1.59. The second-order valence-corrected chi connectivity index (χ2v) is 7.62. The predicted molar refractivity (Wildman–Crippen MR) is 85.7 cm³/mol. The summed E-state index contributed by atoms with van der Waals surface area (Å²) in [4.78, 5) is 27.5. The van der Waals surface area contributed by atoms with Crippen molar-refractivity contribution in [2.45, 2.75) is 52.7 Å². The number of urea groups is 1. The van der Waals surface area contributed by atoms with Crippen molar-refractivity contribution in [3.05, 3.63) is 0 Å². The van der Waals surface area contributed by atoms with Crippen LogP contribution in [0.25, 0.3) is 0 Å². The lowest BCUT2D eigenvalue weighted by Crippen LogP contribution is -2.54. The van der Waals surface area contributed by atoms with Gasteiger partial charge in [0, 0.05) is 31.7 Å². The van der Waals surface area contributed by atoms with Crippen molar-refractivity contribution in [1.82, 2.24) is 20.4 Å². The summed E-state index contributed by atoms with van der Waals surface area (Å²) in [7, 11) is 0. The molecule has 3 amide bonds. The molecule has 1 fully saturated rings. The van der Waals surface area contributed by atoms with Gasteiger partial charge in [-0.2, -0.15) is 0 Å². The van der Waals surface area contributed by atoms with E-state index in [9.17, 15) is 9.59 Å². The molecule has 1 heterocycles. The van der Waals surface area contributed by atoms with Gasteiger partial charge in [0.15, 0.2) is 0 Å². The van der Waals surface area contributed by atoms with Crippen molar-refractivity contribution in [1.29, 1.82) is 0 Å². The number of carbonyl (C=O) groups is 2. The fraction of sp³-hybridized carbons (Fsp3) is 0.867. The van der Waals surface area contributed by atoms with Crippen molar-refractivity contribution in [3.8, 4) is 0 Å². The maximum Gasteiger partial charge on any atom is 0.410 e. The molecule has 0 spiro atoms. The SMILES string of the molecule is CC(C)(C)NC(=O)NCN1CCN(C(=O)OC(C)(C)C)CC1. The molecule has 128 valence electrons. The van der Waals surface area contributed by atoms with Gasteiger partial charge in [-0.25, -0.2) is 9.59 Å². The molecule has 0 atom stereocenters. The number of nitrogens with one attached hydrogen (secondary N) is 2. The Morgan fingerprint density at radius 3 is 2.00 bits per heavy atom. The van der Waals surface area contributed by atoms with Crippen molar-refractivity contribution in [2.24, 2.45) is 0 Å². The third-order valence-electron chi connectivity index (χ3n) is 2.98. The molecular weight excluding hydrogens is 284 g/mol. The van der Waals surface area contributed by atoms with E-state index < -0.39 is 5.60 Å². The van der Waals surface area contributed by atoms with Crippen molar-refractivity contribution in [2.75, 3.05) is 32.8 Å². The molecule has 0 bridgehead atoms. The first-order valence-electron chi connectivity index (χ1n) is 7.72. The summed E-state index contributed by atoms with van der Waals surface area (Å²) < 4.78 is 5.35. The number of carbonyl (C=O) groups excluding carboxylic acids is 2. The van der Waals surface area contributed by atoms with E-state index in [0.29, 0.717) is 19.8 Å². The summed E-state index contributed by atoms with van der Waals surface area (Å²) >= 11 is 0. The van der Waals surface area contributed by atoms with Crippen molar-refractivity contribution < 1.29 is 14.3 Å². The van der Waals surface area contributed by atoms with E-state index in [0.717, 1.165) is 13.1 Å². The van der Waals surface area contributed by atoms with Gasteiger partial charge in [-0.1, -0.05) is 0 Å². The molecule has 7 nitrogen and oxygen atoms in total. The van der Waals surface area contributed by atoms with E-state index in [4.69, 9.17) is 4.74 Å². The molecule has 22 heavy (non-hydrogen) atoms. The van der Waals surface area contributed by atoms with Crippen LogP contribution in [0.5, 0.6) is 0 Å². The Morgan fingerprint density at radius 1 is 1.00 bits per heavy atom. The molecule has 0 aromatic rings. The number of hydrogen-bond acceptors (Lipinski definition) is 4. The van der Waals surface area contributed by atoms with E-state index in [-0.39, 0.29) is 17.7 Å². The van der Waals surface area contributed by atoms with Gasteiger partial charge in [-0.15, -0.1) is 0 Å². The number of nitrogens with zero attached hydrogens (tertiary/aromatic N) is 2. The van der Waals surface area contributed by atoms with E-state index >= 15 is 0 Å². The molecule has 0 aliphatic carbocycles. The minimum absolute atomic E-state index is 0.179. The number of ether oxygens (including phenoxy) is 1. The maximum atomic E-state index is 11.9. The fourth-order valence-electron chi connectivity index (χ4n) is 1.98. The van der Waals surface area contributed by atoms with E-state index in [1.807, 2.05) is 41.5 Å². The van der Waals surface area contributed by atoms with Crippen LogP contribution in [-0.4, -0.2) is 65.9 Å². The standard InChI is InChI=1S/C15H30N4O3/c1-14(2,3)17-12(20)16-11-18-7-9-19(10-8-18)13(21)22-15(4,5)6/h7-11H2,1-6H3,(H2,16,17,20). The smallest absolute Gasteiger partial charge is 0.410 e. The van der Waals surface area contributed by atoms with Crippen LogP contribution in [0.1, 0.15) is 41.5 Å². The number of piperazine rings is 1. The average Bonchev–Trinajstić information content (AvgIpc) is 2.33. The maximum absolute atomic E-state index is 11.9. The van der Waals surface area contributed by atoms with Crippen LogP contribution in [0.15, 0.2) is 0 Å². The summed E-state index contributed by atoms with van der Waals surface area (Å²) in [6.45, 7) is 14.5. The van der Waals surface area contributed by atoms with Gasteiger partial charge in [-0.05, 0) is 41.5 Å². The quantitative estimate of drug-likeness (QED) is 0.812. The second kappa shape index (κ2) is 7.17. The lowest BCUT2D eigenvalue weighted by molar-refractivity contribution is 0.0141. The fourth-order valence-corrected chi connectivity index (χ4v) is 1.98. The molecule has 7 heteroatoms. The minimum Gasteiger partial charge on any atom is -0.444 e. The first-order valence-corrected chi connectivity index (χ1v) is 7.72. The lowest BCUT2D eigenvalue weighted by Gasteiger charge is -2.35. The van der Waals surface area contributed by atoms with Gasteiger partial charge in [0.05, 0.1) is 6.67 Å². The molecule has 0 aromatic carbocycles. The van der Waals surface area contributed by atoms with Crippen molar-refractivity contribution >= 4 is 12.1 Å². The zero-order chi connectivity index (χ0) is 17.0. The van der Waals surface area contributed by atoms with Gasteiger partial charge in [-0.3, -0.25) is 4.90 Å². The zero-order valence-electron chi connectivity index (χ0n) is 14.7. The summed E-state index contributed by atoms with van der Waals surface area (Å²) in [5.41, 5.74) is -0.722. The molecule has 2 N–H and O–H groups in total. The van der Waals surface area contributed by atoms with Gasteiger partial charge in [0.25, 0.3) is 0 Å². The zero-order valence-corrected chi connectivity index (χ0v) is 14.7. The highest BCUT2D eigenvalue weighted by Gasteiger charge is 2.26. The number of hydrogen-bond donors (Lipinski definition) is 2.